The van der Waals surface area contributed by atoms with E-state index in [0.717, 1.165) is 22.0 Å². The van der Waals surface area contributed by atoms with E-state index in [4.69, 9.17) is 25.8 Å². The first-order valence-electron chi connectivity index (χ1n) is 14.3. The van der Waals surface area contributed by atoms with Crippen LogP contribution in [0.1, 0.15) is 36.6 Å². The second-order valence-electron chi connectivity index (χ2n) is 10.3. The van der Waals surface area contributed by atoms with E-state index in [-0.39, 0.29) is 12.2 Å². The average Bonchev–Trinajstić information content (AvgIpc) is 3.36. The van der Waals surface area contributed by atoms with Crippen LogP contribution in [-0.2, 0) is 16.1 Å². The molecule has 0 saturated heterocycles. The van der Waals surface area contributed by atoms with Crippen molar-refractivity contribution in [3.05, 3.63) is 106 Å². The van der Waals surface area contributed by atoms with Crippen molar-refractivity contribution in [3.8, 4) is 11.5 Å². The topological polar surface area (TPSA) is 135 Å². The number of hydrogen-bond donors (Lipinski definition) is 4. The smallest absolute Gasteiger partial charge is 0.337 e. The van der Waals surface area contributed by atoms with E-state index in [9.17, 15) is 14.7 Å². The van der Waals surface area contributed by atoms with Crippen LogP contribution in [0.3, 0.4) is 0 Å². The molecule has 2 heterocycles. The number of para-hydroxylation sites is 1. The molecule has 3 aromatic carbocycles. The Labute approximate surface area is 265 Å². The monoisotopic (exact) mass is 631 g/mol. The van der Waals surface area contributed by atoms with Gasteiger partial charge in [0.15, 0.2) is 17.7 Å². The van der Waals surface area contributed by atoms with Gasteiger partial charge in [-0.25, -0.2) is 9.59 Å². The molecule has 234 valence electrons. The molecule has 4 N–H and O–H groups in total. The number of aliphatic hydroxyl groups excluding tert-OH is 1. The molecule has 0 spiro atoms. The van der Waals surface area contributed by atoms with Gasteiger partial charge in [0.05, 0.1) is 31.5 Å². The number of methoxy groups -OCH3 is 1. The molecule has 2 atom stereocenters. The molecule has 2 amide bonds. The maximum atomic E-state index is 12.5. The third-order valence-corrected chi connectivity index (χ3v) is 7.40. The quantitative estimate of drug-likeness (QED) is 0.0759. The number of nitrogens with zero attached hydrogens (tertiary/aromatic N) is 2. The molecule has 0 unspecified atom stereocenters. The fourth-order valence-corrected chi connectivity index (χ4v) is 5.37. The van der Waals surface area contributed by atoms with Crippen molar-refractivity contribution in [1.29, 1.82) is 0 Å². The van der Waals surface area contributed by atoms with Crippen LogP contribution in [-0.4, -0.2) is 54.4 Å². The Morgan fingerprint density at radius 2 is 1.96 bits per heavy atom. The minimum Gasteiger partial charge on any atom is -0.490 e. The number of carbonyl (C=O) groups is 2. The third kappa shape index (κ3) is 7.39. The van der Waals surface area contributed by atoms with Gasteiger partial charge in [-0.1, -0.05) is 48.0 Å². The summed E-state index contributed by atoms with van der Waals surface area (Å²) in [5.41, 5.74) is 6.97. The van der Waals surface area contributed by atoms with Crippen LogP contribution in [0.2, 0.25) is 5.02 Å². The van der Waals surface area contributed by atoms with E-state index in [1.807, 2.05) is 61.7 Å². The highest BCUT2D eigenvalue weighted by atomic mass is 35.5. The van der Waals surface area contributed by atoms with Gasteiger partial charge in [0.25, 0.3) is 0 Å². The third-order valence-electron chi connectivity index (χ3n) is 7.16. The molecule has 5 rings (SSSR count). The van der Waals surface area contributed by atoms with Gasteiger partial charge in [0, 0.05) is 39.9 Å². The van der Waals surface area contributed by atoms with Gasteiger partial charge in [-0.3, -0.25) is 5.43 Å². The molecule has 45 heavy (non-hydrogen) atoms. The second-order valence-corrected chi connectivity index (χ2v) is 10.7. The second kappa shape index (κ2) is 14.2. The lowest BCUT2D eigenvalue weighted by Gasteiger charge is -2.28. The first kappa shape index (κ1) is 31.4. The predicted octanol–water partition coefficient (Wildman–Crippen LogP) is 4.86. The number of carbonyl (C=O) groups excluding carboxylic acids is 2. The summed E-state index contributed by atoms with van der Waals surface area (Å²) in [5, 5.41) is 21.9. The predicted molar refractivity (Wildman–Crippen MR) is 171 cm³/mol. The van der Waals surface area contributed by atoms with Crippen LogP contribution in [0.25, 0.3) is 10.9 Å². The summed E-state index contributed by atoms with van der Waals surface area (Å²) in [4.78, 5) is 24.7. The van der Waals surface area contributed by atoms with Crippen molar-refractivity contribution in [2.45, 2.75) is 32.7 Å². The lowest BCUT2D eigenvalue weighted by atomic mass is 9.95. The van der Waals surface area contributed by atoms with Crippen LogP contribution in [0.15, 0.2) is 89.3 Å². The summed E-state index contributed by atoms with van der Waals surface area (Å²) in [6.45, 7) is 4.30. The first-order chi connectivity index (χ1) is 21.8. The van der Waals surface area contributed by atoms with E-state index < -0.39 is 24.3 Å². The van der Waals surface area contributed by atoms with Crippen molar-refractivity contribution in [3.63, 3.8) is 0 Å². The number of hydrazone groups is 1. The first-order valence-corrected chi connectivity index (χ1v) is 14.7. The van der Waals surface area contributed by atoms with E-state index in [1.165, 1.54) is 7.11 Å². The number of allylic oxidation sites excluding steroid dienone is 1. The van der Waals surface area contributed by atoms with Crippen molar-refractivity contribution >= 4 is 40.7 Å². The number of amides is 2. The van der Waals surface area contributed by atoms with Crippen LogP contribution in [0, 0.1) is 0 Å². The van der Waals surface area contributed by atoms with Gasteiger partial charge in [-0.05, 0) is 55.3 Å². The van der Waals surface area contributed by atoms with Gasteiger partial charge in [-0.15, -0.1) is 0 Å². The van der Waals surface area contributed by atoms with Crippen molar-refractivity contribution in [2.75, 3.05) is 20.3 Å². The molecule has 1 aliphatic heterocycles. The minimum atomic E-state index is -1.13. The maximum absolute atomic E-state index is 12.5. The maximum Gasteiger partial charge on any atom is 0.337 e. The zero-order valence-corrected chi connectivity index (χ0v) is 25.8. The van der Waals surface area contributed by atoms with Gasteiger partial charge in [0.1, 0.15) is 6.61 Å². The zero-order chi connectivity index (χ0) is 31.9. The van der Waals surface area contributed by atoms with Gasteiger partial charge >= 0.3 is 12.0 Å². The Hall–Kier alpha value is -5.00. The number of hydrogen-bond acceptors (Lipinski definition) is 8. The van der Waals surface area contributed by atoms with Gasteiger partial charge in [-0.2, -0.15) is 5.10 Å². The Morgan fingerprint density at radius 3 is 2.73 bits per heavy atom. The van der Waals surface area contributed by atoms with Gasteiger partial charge < -0.3 is 34.5 Å². The largest absolute Gasteiger partial charge is 0.490 e. The van der Waals surface area contributed by atoms with Crippen molar-refractivity contribution in [2.24, 2.45) is 5.10 Å². The summed E-state index contributed by atoms with van der Waals surface area (Å²) >= 11 is 6.18. The van der Waals surface area contributed by atoms with E-state index in [0.29, 0.717) is 40.9 Å². The number of urea groups is 1. The van der Waals surface area contributed by atoms with E-state index in [2.05, 4.69) is 25.7 Å². The van der Waals surface area contributed by atoms with Crippen LogP contribution < -0.4 is 25.5 Å². The molecule has 0 fully saturated rings. The van der Waals surface area contributed by atoms with Crippen LogP contribution >= 0.6 is 11.6 Å². The number of aromatic nitrogens is 1. The number of nitrogens with one attached hydrogen (secondary N) is 3. The summed E-state index contributed by atoms with van der Waals surface area (Å²) in [6, 6.07) is 19.6. The summed E-state index contributed by atoms with van der Waals surface area (Å²) < 4.78 is 18.7. The molecular weight excluding hydrogens is 598 g/mol. The van der Waals surface area contributed by atoms with E-state index >= 15 is 0 Å². The number of rotatable bonds is 12. The van der Waals surface area contributed by atoms with Crippen LogP contribution in [0.4, 0.5) is 4.79 Å². The Morgan fingerprint density at radius 1 is 1.13 bits per heavy atom. The summed E-state index contributed by atoms with van der Waals surface area (Å²) in [5.74, 6) is 0.187. The average molecular weight is 632 g/mol. The number of esters is 1. The molecule has 11 nitrogen and oxygen atoms in total. The molecule has 0 aliphatic carbocycles. The Kier molecular flexibility index (Phi) is 9.91. The number of ether oxygens (including phenoxy) is 3. The molecule has 4 aromatic rings. The molecule has 1 aromatic heterocycles. The molecule has 0 saturated carbocycles. The highest BCUT2D eigenvalue weighted by Gasteiger charge is 2.32. The molecular formula is C33H34ClN5O6. The number of fused-ring (bicyclic) bond motifs is 1. The minimum absolute atomic E-state index is 0.135. The number of halogens is 1. The summed E-state index contributed by atoms with van der Waals surface area (Å²) in [6.07, 6.45) is 2.53. The van der Waals surface area contributed by atoms with Gasteiger partial charge in [0.2, 0.25) is 0 Å². The Bertz CT molecular complexity index is 1770. The molecule has 0 radical (unpaired) electrons. The fraction of sp³-hybridized carbons (Fsp3) is 0.242. The van der Waals surface area contributed by atoms with Crippen molar-refractivity contribution < 1.29 is 28.9 Å². The molecule has 12 heteroatoms. The number of benzene rings is 3. The molecule has 1 aliphatic rings. The normalized spacial score (nSPS) is 15.5. The highest BCUT2D eigenvalue weighted by Crippen LogP contribution is 2.35. The SMILES string of the molecule is CCOc1cc([C@@H]2NC(=O)NC(C)=C2C(=O)OC)ccc1OC[C@@H](O)N/N=C/c1cn(Cc2cccc(Cl)c2)c2ccccc12. The van der Waals surface area contributed by atoms with Crippen LogP contribution in [0.5, 0.6) is 11.5 Å². The lowest BCUT2D eigenvalue weighted by Crippen LogP contribution is -2.45. The summed E-state index contributed by atoms with van der Waals surface area (Å²) in [7, 11) is 1.28. The lowest BCUT2D eigenvalue weighted by molar-refractivity contribution is -0.136. The zero-order valence-electron chi connectivity index (χ0n) is 25.0. The van der Waals surface area contributed by atoms with Crippen molar-refractivity contribution in [1.82, 2.24) is 20.6 Å². The van der Waals surface area contributed by atoms with E-state index in [1.54, 1.807) is 31.3 Å². The Balaban J connectivity index is 1.26. The molecule has 0 bridgehead atoms. The fourth-order valence-electron chi connectivity index (χ4n) is 5.16. The standard InChI is InChI=1S/C33H34ClN5O6/c1-4-44-28-15-22(31-30(32(41)43-3)20(2)36-33(42)37-31)12-13-27(28)45-19-29(40)38-35-16-23-18-39(26-11-6-5-10-25(23)26)17-21-8-7-9-24(34)14-21/h5-16,18,29,31,38,40H,4,17,19H2,1-3H3,(H2,36,37,42)/b35-16+/t29-,31+/m1/s1. The number of aliphatic hydroxyl groups is 1. The highest BCUT2D eigenvalue weighted by molar-refractivity contribution is 6.30.